The number of primary amides is 1. The van der Waals surface area contributed by atoms with E-state index >= 15 is 0 Å². The smallest absolute Gasteiger partial charge is 0.271 e. The van der Waals surface area contributed by atoms with E-state index < -0.39 is 5.91 Å². The maximum Gasteiger partial charge on any atom is 0.271 e. The zero-order chi connectivity index (χ0) is 25.2. The molecule has 0 saturated carbocycles. The van der Waals surface area contributed by atoms with Gasteiger partial charge in [-0.05, 0) is 43.0 Å². The monoisotopic (exact) mass is 504 g/mol. The number of benzene rings is 1. The van der Waals surface area contributed by atoms with Crippen LogP contribution in [0.25, 0.3) is 11.4 Å². The predicted octanol–water partition coefficient (Wildman–Crippen LogP) is 2.30. The summed E-state index contributed by atoms with van der Waals surface area (Å²) in [7, 11) is 0. The molecular formula is C26H32N8O3. The van der Waals surface area contributed by atoms with Gasteiger partial charge < -0.3 is 25.4 Å². The van der Waals surface area contributed by atoms with Gasteiger partial charge in [-0.15, -0.1) is 0 Å². The molecule has 3 fully saturated rings. The van der Waals surface area contributed by atoms with E-state index in [2.05, 4.69) is 37.4 Å². The van der Waals surface area contributed by atoms with Crippen molar-refractivity contribution >= 4 is 23.2 Å². The molecule has 3 aliphatic heterocycles. The van der Waals surface area contributed by atoms with Crippen LogP contribution in [0.2, 0.25) is 0 Å². The highest BCUT2D eigenvalue weighted by Crippen LogP contribution is 2.45. The summed E-state index contributed by atoms with van der Waals surface area (Å²) >= 11 is 0. The predicted molar refractivity (Wildman–Crippen MR) is 139 cm³/mol. The second kappa shape index (κ2) is 10.1. The topological polar surface area (TPSA) is 135 Å². The van der Waals surface area contributed by atoms with Gasteiger partial charge in [0.2, 0.25) is 0 Å². The molecule has 1 spiro atoms. The molecule has 1 aromatic carbocycles. The van der Waals surface area contributed by atoms with Crippen molar-refractivity contribution in [3.05, 3.63) is 47.8 Å². The first-order chi connectivity index (χ1) is 18.1. The maximum atomic E-state index is 12.5. The molecule has 3 saturated heterocycles. The van der Waals surface area contributed by atoms with Crippen molar-refractivity contribution in [2.45, 2.75) is 31.3 Å². The summed E-state index contributed by atoms with van der Waals surface area (Å²) in [5, 5.41) is 10.4. The summed E-state index contributed by atoms with van der Waals surface area (Å²) in [6, 6.07) is 9.99. The van der Waals surface area contributed by atoms with E-state index in [9.17, 15) is 4.79 Å². The Morgan fingerprint density at radius 1 is 1.00 bits per heavy atom. The fourth-order valence-electron chi connectivity index (χ4n) is 5.43. The highest BCUT2D eigenvalue weighted by atomic mass is 16.5. The van der Waals surface area contributed by atoms with Gasteiger partial charge in [0.05, 0.1) is 18.9 Å². The quantitative estimate of drug-likeness (QED) is 0.443. The Labute approximate surface area is 215 Å². The van der Waals surface area contributed by atoms with E-state index in [-0.39, 0.29) is 11.2 Å². The van der Waals surface area contributed by atoms with Crippen molar-refractivity contribution < 1.29 is 14.3 Å². The minimum atomic E-state index is -0.643. The van der Waals surface area contributed by atoms with E-state index in [4.69, 9.17) is 25.2 Å². The number of H-pyrrole nitrogens is 1. The molecule has 3 aromatic rings. The molecule has 2 aromatic heterocycles. The molecule has 4 N–H and O–H groups in total. The fraction of sp³-hybridized carbons (Fsp3) is 0.462. The largest absolute Gasteiger partial charge is 0.381 e. The number of nitrogens with two attached hydrogens (primary N) is 1. The van der Waals surface area contributed by atoms with E-state index in [1.165, 1.54) is 5.56 Å². The number of rotatable bonds is 7. The van der Waals surface area contributed by atoms with Crippen LogP contribution >= 0.6 is 0 Å². The number of morpholine rings is 1. The lowest BCUT2D eigenvalue weighted by atomic mass is 9.78. The van der Waals surface area contributed by atoms with Crippen LogP contribution < -0.4 is 16.0 Å². The van der Waals surface area contributed by atoms with Crippen molar-refractivity contribution in [1.82, 2.24) is 25.1 Å². The molecule has 11 heteroatoms. The Morgan fingerprint density at radius 2 is 1.76 bits per heavy atom. The molecule has 0 radical (unpaired) electrons. The van der Waals surface area contributed by atoms with Crippen molar-refractivity contribution in [2.24, 2.45) is 5.73 Å². The number of anilines is 3. The molecular weight excluding hydrogens is 472 g/mol. The summed E-state index contributed by atoms with van der Waals surface area (Å²) in [5.41, 5.74) is 9.15. The number of carbonyl (C=O) groups is 1. The Bertz CT molecular complexity index is 1240. The molecule has 37 heavy (non-hydrogen) atoms. The average molecular weight is 505 g/mol. The molecule has 0 bridgehead atoms. The van der Waals surface area contributed by atoms with Gasteiger partial charge in [0.15, 0.2) is 17.3 Å². The molecule has 1 amide bonds. The molecule has 0 unspecified atom stereocenters. The Balaban J connectivity index is 1.32. The Kier molecular flexibility index (Phi) is 6.49. The Morgan fingerprint density at radius 3 is 2.41 bits per heavy atom. The molecule has 5 heterocycles. The molecule has 194 valence electrons. The second-order valence-electron chi connectivity index (χ2n) is 9.88. The fourth-order valence-corrected chi connectivity index (χ4v) is 5.43. The summed E-state index contributed by atoms with van der Waals surface area (Å²) in [4.78, 5) is 26.9. The first-order valence-electron chi connectivity index (χ1n) is 12.8. The van der Waals surface area contributed by atoms with E-state index in [0.29, 0.717) is 23.0 Å². The zero-order valence-electron chi connectivity index (χ0n) is 20.8. The highest BCUT2D eigenvalue weighted by Gasteiger charge is 2.47. The van der Waals surface area contributed by atoms with Crippen LogP contribution in [0.1, 0.15) is 35.3 Å². The number of aromatic nitrogens is 4. The molecule has 11 nitrogen and oxygen atoms in total. The number of nitrogens with one attached hydrogen (secondary N) is 2. The molecule has 0 atom stereocenters. The van der Waals surface area contributed by atoms with Gasteiger partial charge in [-0.1, -0.05) is 12.1 Å². The number of carbonyl (C=O) groups excluding carboxylic acids is 1. The molecule has 6 rings (SSSR count). The summed E-state index contributed by atoms with van der Waals surface area (Å²) < 4.78 is 11.1. The number of amides is 1. The van der Waals surface area contributed by atoms with Crippen molar-refractivity contribution in [1.29, 1.82) is 0 Å². The van der Waals surface area contributed by atoms with Gasteiger partial charge in [-0.3, -0.25) is 14.8 Å². The number of hydrogen-bond donors (Lipinski definition) is 3. The Hall–Kier alpha value is -3.54. The SMILES string of the molecule is NC(=O)c1nc(-c2ccn[nH]2)c(N2CCC23CCOCC3)nc1Nc1ccc(CN2CCOCC2)cc1. The first kappa shape index (κ1) is 23.8. The van der Waals surface area contributed by atoms with Gasteiger partial charge in [0.25, 0.3) is 5.91 Å². The lowest BCUT2D eigenvalue weighted by molar-refractivity contribution is 0.0285. The van der Waals surface area contributed by atoms with Crippen LogP contribution in [0, 0.1) is 0 Å². The minimum absolute atomic E-state index is 0.00560. The summed E-state index contributed by atoms with van der Waals surface area (Å²) in [5.74, 6) is 0.422. The third kappa shape index (κ3) is 4.77. The van der Waals surface area contributed by atoms with Crippen LogP contribution in [0.3, 0.4) is 0 Å². The summed E-state index contributed by atoms with van der Waals surface area (Å²) in [6.45, 7) is 6.61. The van der Waals surface area contributed by atoms with Crippen molar-refractivity contribution in [3.63, 3.8) is 0 Å². The number of ether oxygens (including phenoxy) is 2. The van der Waals surface area contributed by atoms with Gasteiger partial charge in [-0.2, -0.15) is 5.10 Å². The first-order valence-corrected chi connectivity index (χ1v) is 12.8. The highest BCUT2D eigenvalue weighted by molar-refractivity contribution is 5.97. The van der Waals surface area contributed by atoms with E-state index in [0.717, 1.165) is 77.6 Å². The average Bonchev–Trinajstić information content (AvgIpc) is 3.45. The number of hydrogen-bond acceptors (Lipinski definition) is 9. The number of nitrogens with zero attached hydrogens (tertiary/aromatic N) is 5. The van der Waals surface area contributed by atoms with Crippen LogP contribution in [0.4, 0.5) is 17.3 Å². The van der Waals surface area contributed by atoms with Crippen LogP contribution in [0.5, 0.6) is 0 Å². The van der Waals surface area contributed by atoms with Gasteiger partial charge >= 0.3 is 0 Å². The van der Waals surface area contributed by atoms with E-state index in [1.54, 1.807) is 6.20 Å². The maximum absolute atomic E-state index is 12.5. The molecule has 0 aliphatic carbocycles. The normalized spacial score (nSPS) is 19.5. The van der Waals surface area contributed by atoms with Crippen molar-refractivity contribution in [3.8, 4) is 11.4 Å². The lowest BCUT2D eigenvalue weighted by Gasteiger charge is -2.55. The third-order valence-electron chi connectivity index (χ3n) is 7.65. The molecule has 3 aliphatic rings. The van der Waals surface area contributed by atoms with Crippen LogP contribution in [0.15, 0.2) is 36.5 Å². The second-order valence-corrected chi connectivity index (χ2v) is 9.88. The minimum Gasteiger partial charge on any atom is -0.381 e. The van der Waals surface area contributed by atoms with Gasteiger partial charge in [0, 0.05) is 56.8 Å². The van der Waals surface area contributed by atoms with Gasteiger partial charge in [0.1, 0.15) is 5.69 Å². The summed E-state index contributed by atoms with van der Waals surface area (Å²) in [6.07, 6.45) is 4.60. The van der Waals surface area contributed by atoms with E-state index in [1.807, 2.05) is 18.2 Å². The zero-order valence-corrected chi connectivity index (χ0v) is 20.8. The third-order valence-corrected chi connectivity index (χ3v) is 7.65. The number of aromatic amines is 1. The standard InChI is InChI=1S/C26H32N8O3/c27-23(35)22-24(29-19-3-1-18(2-4-19)17-33-11-15-37-16-12-33)31-25(21(30-22)20-5-9-28-32-20)34-10-6-26(34)7-13-36-14-8-26/h1-5,9H,6-8,10-17H2,(H2,27,35)(H,28,32)(H,29,31). The van der Waals surface area contributed by atoms with Crippen LogP contribution in [-0.4, -0.2) is 82.6 Å². The van der Waals surface area contributed by atoms with Crippen molar-refractivity contribution in [2.75, 3.05) is 56.3 Å². The van der Waals surface area contributed by atoms with Gasteiger partial charge in [-0.25, -0.2) is 9.97 Å². The van der Waals surface area contributed by atoms with Crippen LogP contribution in [-0.2, 0) is 16.0 Å². The lowest BCUT2D eigenvalue weighted by Crippen LogP contribution is -2.63.